The van der Waals surface area contributed by atoms with Crippen LogP contribution in [-0.2, 0) is 14.8 Å². The molecule has 3 N–H and O–H groups in total. The van der Waals surface area contributed by atoms with Crippen LogP contribution in [0.2, 0.25) is 5.02 Å². The van der Waals surface area contributed by atoms with E-state index < -0.39 is 15.8 Å². The Kier molecular flexibility index (Phi) is 6.11. The minimum atomic E-state index is -4.04. The lowest BCUT2D eigenvalue weighted by atomic mass is 10.3. The molecule has 0 unspecified atom stereocenters. The van der Waals surface area contributed by atoms with Crippen molar-refractivity contribution in [2.24, 2.45) is 0 Å². The Labute approximate surface area is 150 Å². The van der Waals surface area contributed by atoms with Crippen LogP contribution < -0.4 is 14.8 Å². The molecule has 0 bridgehead atoms. The van der Waals surface area contributed by atoms with Gasteiger partial charge in [-0.15, -0.1) is 0 Å². The summed E-state index contributed by atoms with van der Waals surface area (Å²) in [5.41, 5.74) is 0.216. The van der Waals surface area contributed by atoms with E-state index >= 15 is 0 Å². The van der Waals surface area contributed by atoms with Crippen molar-refractivity contribution < 1.29 is 23.1 Å². The van der Waals surface area contributed by atoms with Gasteiger partial charge in [-0.1, -0.05) is 23.7 Å². The van der Waals surface area contributed by atoms with E-state index in [-0.39, 0.29) is 28.1 Å². The highest BCUT2D eigenvalue weighted by molar-refractivity contribution is 7.92. The van der Waals surface area contributed by atoms with Crippen molar-refractivity contribution in [1.82, 2.24) is 5.32 Å². The maximum absolute atomic E-state index is 12.4. The number of nitrogens with one attached hydrogen (secondary N) is 2. The molecule has 0 radical (unpaired) electrons. The minimum absolute atomic E-state index is 0.0677. The van der Waals surface area contributed by atoms with E-state index in [4.69, 9.17) is 16.3 Å². The third-order valence-corrected chi connectivity index (χ3v) is 4.79. The van der Waals surface area contributed by atoms with Crippen molar-refractivity contribution in [3.8, 4) is 11.5 Å². The third-order valence-electron chi connectivity index (χ3n) is 3.07. The normalized spacial score (nSPS) is 11.0. The van der Waals surface area contributed by atoms with E-state index in [1.54, 1.807) is 19.1 Å². The molecule has 1 amide bonds. The maximum Gasteiger partial charge on any atom is 0.265 e. The topological polar surface area (TPSA) is 105 Å². The Morgan fingerprint density at radius 3 is 2.68 bits per heavy atom. The molecule has 0 fully saturated rings. The second-order valence-corrected chi connectivity index (χ2v) is 7.02. The lowest BCUT2D eigenvalue weighted by Gasteiger charge is -2.12. The Balaban J connectivity index is 2.16. The number of rotatable bonds is 7. The van der Waals surface area contributed by atoms with E-state index in [1.165, 1.54) is 30.3 Å². The molecule has 2 rings (SSSR count). The molecule has 2 aromatic carbocycles. The number of amides is 1. The summed E-state index contributed by atoms with van der Waals surface area (Å²) in [5.74, 6) is -0.487. The predicted octanol–water partition coefficient (Wildman–Crippen LogP) is 2.36. The number of benzene rings is 2. The lowest BCUT2D eigenvalue weighted by molar-refractivity contribution is -0.122. The van der Waals surface area contributed by atoms with Gasteiger partial charge in [-0.25, -0.2) is 8.42 Å². The molecule has 25 heavy (non-hydrogen) atoms. The molecule has 7 nitrogen and oxygen atoms in total. The molecular formula is C16H17ClN2O5S. The monoisotopic (exact) mass is 384 g/mol. The predicted molar refractivity (Wildman–Crippen MR) is 94.5 cm³/mol. The summed E-state index contributed by atoms with van der Waals surface area (Å²) >= 11 is 5.74. The number of para-hydroxylation sites is 1. The first-order valence-electron chi connectivity index (χ1n) is 7.33. The summed E-state index contributed by atoms with van der Waals surface area (Å²) in [6, 6.07) is 10.1. The average molecular weight is 385 g/mol. The summed E-state index contributed by atoms with van der Waals surface area (Å²) in [5, 5.41) is 12.4. The number of phenolic OH excluding ortho intramolecular Hbond substituents is 1. The largest absolute Gasteiger partial charge is 0.505 e. The summed E-state index contributed by atoms with van der Waals surface area (Å²) in [6.45, 7) is 2.10. The molecule has 0 aliphatic rings. The Morgan fingerprint density at radius 2 is 1.96 bits per heavy atom. The van der Waals surface area contributed by atoms with Gasteiger partial charge in [0.2, 0.25) is 0 Å². The van der Waals surface area contributed by atoms with Crippen LogP contribution in [0.4, 0.5) is 5.69 Å². The second-order valence-electron chi connectivity index (χ2n) is 4.96. The van der Waals surface area contributed by atoms with Crippen LogP contribution in [0.5, 0.6) is 11.5 Å². The van der Waals surface area contributed by atoms with Crippen molar-refractivity contribution in [2.45, 2.75) is 11.8 Å². The highest BCUT2D eigenvalue weighted by Crippen LogP contribution is 2.31. The van der Waals surface area contributed by atoms with Gasteiger partial charge >= 0.3 is 0 Å². The van der Waals surface area contributed by atoms with Crippen LogP contribution in [0, 0.1) is 0 Å². The van der Waals surface area contributed by atoms with Gasteiger partial charge in [-0.2, -0.15) is 0 Å². The van der Waals surface area contributed by atoms with E-state index in [9.17, 15) is 18.3 Å². The number of halogens is 1. The molecular weight excluding hydrogens is 368 g/mol. The van der Waals surface area contributed by atoms with Crippen molar-refractivity contribution in [1.29, 1.82) is 0 Å². The van der Waals surface area contributed by atoms with Gasteiger partial charge in [0.25, 0.3) is 15.9 Å². The Morgan fingerprint density at radius 1 is 1.24 bits per heavy atom. The van der Waals surface area contributed by atoms with Crippen LogP contribution in [0.25, 0.3) is 0 Å². The molecule has 0 spiro atoms. The molecule has 0 saturated carbocycles. The van der Waals surface area contributed by atoms with E-state index in [0.29, 0.717) is 12.3 Å². The Hall–Kier alpha value is -2.45. The number of aromatic hydroxyl groups is 1. The van der Waals surface area contributed by atoms with Gasteiger partial charge in [0.15, 0.2) is 12.4 Å². The summed E-state index contributed by atoms with van der Waals surface area (Å²) in [7, 11) is -4.04. The molecule has 0 aliphatic carbocycles. The standard InChI is InChI=1S/C16H17ClN2O5S/c1-2-18-15(20)10-24-12-6-3-5-11(9-12)19-25(22,23)14-8-4-7-13(17)16(14)21/h3-9,19,21H,2,10H2,1H3,(H,18,20). The number of carbonyl (C=O) groups excluding carboxylic acids is 1. The van der Waals surface area contributed by atoms with E-state index in [1.807, 2.05) is 0 Å². The van der Waals surface area contributed by atoms with Crippen LogP contribution in [0.15, 0.2) is 47.4 Å². The van der Waals surface area contributed by atoms with Crippen molar-refractivity contribution in [2.75, 3.05) is 17.9 Å². The molecule has 9 heteroatoms. The van der Waals surface area contributed by atoms with Gasteiger partial charge in [0.05, 0.1) is 10.7 Å². The van der Waals surface area contributed by atoms with E-state index in [0.717, 1.165) is 0 Å². The van der Waals surface area contributed by atoms with Gasteiger partial charge in [-0.3, -0.25) is 9.52 Å². The highest BCUT2D eigenvalue weighted by atomic mass is 35.5. The molecule has 0 aliphatic heterocycles. The quantitative estimate of drug-likeness (QED) is 0.679. The fourth-order valence-corrected chi connectivity index (χ4v) is 3.37. The molecule has 2 aromatic rings. The number of likely N-dealkylation sites (N-methyl/N-ethyl adjacent to an activating group) is 1. The van der Waals surface area contributed by atoms with Crippen LogP contribution >= 0.6 is 11.6 Å². The number of carbonyl (C=O) groups is 1. The highest BCUT2D eigenvalue weighted by Gasteiger charge is 2.20. The number of hydrogen-bond donors (Lipinski definition) is 3. The molecule has 0 saturated heterocycles. The third kappa shape index (κ3) is 5.01. The Bertz CT molecular complexity index is 871. The lowest BCUT2D eigenvalue weighted by Crippen LogP contribution is -2.28. The number of hydrogen-bond acceptors (Lipinski definition) is 5. The number of anilines is 1. The second kappa shape index (κ2) is 8.09. The van der Waals surface area contributed by atoms with Crippen LogP contribution in [0.1, 0.15) is 6.92 Å². The summed E-state index contributed by atoms with van der Waals surface area (Å²) in [4.78, 5) is 11.1. The smallest absolute Gasteiger partial charge is 0.265 e. The molecule has 0 aromatic heterocycles. The van der Waals surface area contributed by atoms with Gasteiger partial charge in [0, 0.05) is 12.6 Å². The summed E-state index contributed by atoms with van der Waals surface area (Å²) in [6.07, 6.45) is 0. The van der Waals surface area contributed by atoms with Crippen molar-refractivity contribution in [3.63, 3.8) is 0 Å². The molecule has 0 heterocycles. The molecule has 0 atom stereocenters. The van der Waals surface area contributed by atoms with Gasteiger partial charge < -0.3 is 15.2 Å². The number of sulfonamides is 1. The zero-order valence-corrected chi connectivity index (χ0v) is 14.9. The summed E-state index contributed by atoms with van der Waals surface area (Å²) < 4.78 is 32.4. The van der Waals surface area contributed by atoms with Crippen LogP contribution in [0.3, 0.4) is 0 Å². The number of ether oxygens (including phenoxy) is 1. The zero-order valence-electron chi connectivity index (χ0n) is 13.3. The number of phenols is 1. The van der Waals surface area contributed by atoms with Gasteiger partial charge in [0.1, 0.15) is 10.6 Å². The first-order valence-corrected chi connectivity index (χ1v) is 9.19. The van der Waals surface area contributed by atoms with Gasteiger partial charge in [-0.05, 0) is 31.2 Å². The fraction of sp³-hybridized carbons (Fsp3) is 0.188. The minimum Gasteiger partial charge on any atom is -0.505 e. The first kappa shape index (κ1) is 18.9. The molecule has 134 valence electrons. The van der Waals surface area contributed by atoms with Crippen molar-refractivity contribution >= 4 is 33.2 Å². The zero-order chi connectivity index (χ0) is 18.4. The maximum atomic E-state index is 12.4. The first-order chi connectivity index (χ1) is 11.8. The van der Waals surface area contributed by atoms with E-state index in [2.05, 4.69) is 10.0 Å². The van der Waals surface area contributed by atoms with Crippen molar-refractivity contribution in [3.05, 3.63) is 47.5 Å². The average Bonchev–Trinajstić information content (AvgIpc) is 2.55. The SMILES string of the molecule is CCNC(=O)COc1cccc(NS(=O)(=O)c2cccc(Cl)c2O)c1. The fourth-order valence-electron chi connectivity index (χ4n) is 1.97. The van der Waals surface area contributed by atoms with Crippen LogP contribution in [-0.4, -0.2) is 32.6 Å².